The van der Waals surface area contributed by atoms with Gasteiger partial charge in [-0.15, -0.1) is 0 Å². The molecule has 3 heterocycles. The Kier molecular flexibility index (Phi) is 9.02. The third-order valence-corrected chi connectivity index (χ3v) is 8.08. The van der Waals surface area contributed by atoms with Gasteiger partial charge in [-0.05, 0) is 57.6 Å². The zero-order valence-corrected chi connectivity index (χ0v) is 25.4. The van der Waals surface area contributed by atoms with E-state index in [1.807, 2.05) is 6.07 Å². The summed E-state index contributed by atoms with van der Waals surface area (Å²) in [5.74, 6) is -0.389. The van der Waals surface area contributed by atoms with Crippen LogP contribution in [0.2, 0.25) is 5.02 Å². The number of hydrogen-bond donors (Lipinski definition) is 3. The quantitative estimate of drug-likeness (QED) is 0.288. The number of rotatable bonds is 5. The number of halogens is 3. The molecule has 0 radical (unpaired) electrons. The molecule has 214 valence electrons. The highest BCUT2D eigenvalue weighted by Gasteiger charge is 2.62. The first-order valence-corrected chi connectivity index (χ1v) is 14.1. The Hall–Kier alpha value is -3.52. The predicted octanol–water partition coefficient (Wildman–Crippen LogP) is 6.15. The lowest BCUT2D eigenvalue weighted by Gasteiger charge is -2.36. The number of benzene rings is 2. The van der Waals surface area contributed by atoms with E-state index in [4.69, 9.17) is 21.6 Å². The number of hydrogen-bond acceptors (Lipinski definition) is 6. The van der Waals surface area contributed by atoms with Crippen LogP contribution < -0.4 is 20.7 Å². The van der Waals surface area contributed by atoms with Crippen LogP contribution in [0.5, 0.6) is 5.75 Å². The molecule has 1 aromatic heterocycles. The molecule has 1 fully saturated rings. The van der Waals surface area contributed by atoms with Crippen molar-refractivity contribution in [2.24, 2.45) is 5.41 Å². The zero-order valence-electron chi connectivity index (χ0n) is 23.0. The average Bonchev–Trinajstić information content (AvgIpc) is 3.42. The van der Waals surface area contributed by atoms with Crippen LogP contribution in [-0.2, 0) is 15.0 Å². The first-order chi connectivity index (χ1) is 19.5. The van der Waals surface area contributed by atoms with Crippen LogP contribution in [0.25, 0.3) is 0 Å². The third-order valence-electron chi connectivity index (χ3n) is 7.26. The number of nitrogens with one attached hydrogen (secondary N) is 3. The van der Waals surface area contributed by atoms with Crippen LogP contribution in [0.15, 0.2) is 53.1 Å². The number of amides is 2. The second kappa shape index (κ2) is 12.1. The molecule has 3 N–H and O–H groups in total. The Morgan fingerprint density at radius 3 is 2.73 bits per heavy atom. The van der Waals surface area contributed by atoms with E-state index in [9.17, 15) is 9.59 Å². The van der Waals surface area contributed by atoms with E-state index in [0.29, 0.717) is 56.4 Å². The summed E-state index contributed by atoms with van der Waals surface area (Å²) in [4.78, 5) is 28.2. The summed E-state index contributed by atoms with van der Waals surface area (Å²) in [5, 5.41) is 18.0. The van der Waals surface area contributed by atoms with Gasteiger partial charge in [0.15, 0.2) is 0 Å². The van der Waals surface area contributed by atoms with Gasteiger partial charge in [0.2, 0.25) is 12.3 Å². The molecule has 1 saturated heterocycles. The van der Waals surface area contributed by atoms with Crippen LogP contribution in [0.4, 0.5) is 15.8 Å². The van der Waals surface area contributed by atoms with Gasteiger partial charge in [-0.3, -0.25) is 14.6 Å². The van der Waals surface area contributed by atoms with Gasteiger partial charge in [0.1, 0.15) is 17.0 Å². The largest absolute Gasteiger partial charge is 0.495 e. The first kappa shape index (κ1) is 30.4. The Bertz CT molecular complexity index is 1520. The number of ether oxygens (including phenoxy) is 1. The Morgan fingerprint density at radius 1 is 1.32 bits per heavy atom. The molecule has 3 atom stereocenters. The van der Waals surface area contributed by atoms with Crippen molar-refractivity contribution in [2.45, 2.75) is 44.6 Å². The van der Waals surface area contributed by atoms with Crippen molar-refractivity contribution in [2.75, 3.05) is 24.3 Å². The summed E-state index contributed by atoms with van der Waals surface area (Å²) >= 11 is 9.39. The molecule has 3 aromatic rings. The fraction of sp³-hybridized carbons (Fsp3) is 0.333. The molecule has 8 nitrogen and oxygen atoms in total. The number of nitrogens with zero attached hydrogens (tertiary/aromatic N) is 2. The smallest absolute Gasteiger partial charge is 0.239 e. The van der Waals surface area contributed by atoms with Gasteiger partial charge in [-0.1, -0.05) is 44.5 Å². The van der Waals surface area contributed by atoms with E-state index >= 15 is 4.39 Å². The number of methoxy groups -OCH3 is 1. The number of carbonyl (C=O) groups is 2. The van der Waals surface area contributed by atoms with E-state index in [1.54, 1.807) is 48.7 Å². The van der Waals surface area contributed by atoms with Crippen LogP contribution >= 0.6 is 27.5 Å². The van der Waals surface area contributed by atoms with Gasteiger partial charge in [0.05, 0.1) is 45.3 Å². The predicted molar refractivity (Wildman–Crippen MR) is 160 cm³/mol. The molecule has 2 amide bonds. The van der Waals surface area contributed by atoms with Gasteiger partial charge >= 0.3 is 0 Å². The van der Waals surface area contributed by atoms with Crippen molar-refractivity contribution < 1.29 is 18.7 Å². The maximum absolute atomic E-state index is 15.1. The lowest BCUT2D eigenvalue weighted by molar-refractivity contribution is -0.122. The Balaban J connectivity index is 0.000000251. The number of aromatic nitrogens is 1. The summed E-state index contributed by atoms with van der Waals surface area (Å²) in [6, 6.07) is 13.5. The van der Waals surface area contributed by atoms with Crippen LogP contribution in [-0.4, -0.2) is 37.0 Å². The zero-order chi connectivity index (χ0) is 29.9. The highest BCUT2D eigenvalue weighted by molar-refractivity contribution is 9.10. The molecule has 0 bridgehead atoms. The third kappa shape index (κ3) is 5.94. The fourth-order valence-corrected chi connectivity index (χ4v) is 6.14. The summed E-state index contributed by atoms with van der Waals surface area (Å²) < 4.78 is 20.4. The van der Waals surface area contributed by atoms with Crippen molar-refractivity contribution in [3.63, 3.8) is 0 Å². The monoisotopic (exact) mass is 641 g/mol. The Morgan fingerprint density at radius 2 is 2.07 bits per heavy atom. The second-order valence-electron chi connectivity index (χ2n) is 11.1. The van der Waals surface area contributed by atoms with Gasteiger partial charge in [-0.25, -0.2) is 4.39 Å². The highest BCUT2D eigenvalue weighted by Crippen LogP contribution is 2.54. The molecule has 11 heteroatoms. The van der Waals surface area contributed by atoms with Gasteiger partial charge in [-0.2, -0.15) is 5.26 Å². The van der Waals surface area contributed by atoms with E-state index in [-0.39, 0.29) is 29.1 Å². The number of fused-ring (bicyclic) bond motifs is 2. The number of pyridine rings is 1. The second-order valence-corrected chi connectivity index (χ2v) is 12.4. The van der Waals surface area contributed by atoms with Crippen molar-refractivity contribution in [3.05, 3.63) is 80.8 Å². The number of nitriles is 1. The normalized spacial score (nSPS) is 20.9. The van der Waals surface area contributed by atoms with Crippen LogP contribution in [0, 0.1) is 22.6 Å². The standard InChI is InChI=1S/C21H22BrClFN3O.C9H8N2O2/c1-20(2,3)8-16-21(18-15(27-19(21)28)7-11(23)9-26-18)13(10-25-16)12-5-4-6-14(22)17(12)24;1-13-9-4-7(5-10)2-3-8(9)11-6-12/h4-7,9,13,16,25H,8,10H2,1-3H3,(H,27,28);2-4,6H,1H3,(H,11,12)/t13?,16?,21-;/m0./s1. The lowest BCUT2D eigenvalue weighted by Crippen LogP contribution is -2.50. The molecule has 1 spiro atoms. The molecular weight excluding hydrogens is 613 g/mol. The van der Waals surface area contributed by atoms with Crippen LogP contribution in [0.1, 0.15) is 49.9 Å². The molecule has 0 aliphatic carbocycles. The minimum absolute atomic E-state index is 0.0230. The minimum atomic E-state index is -0.991. The summed E-state index contributed by atoms with van der Waals surface area (Å²) in [5.41, 5.74) is 1.80. The van der Waals surface area contributed by atoms with Crippen molar-refractivity contribution in [1.29, 1.82) is 5.26 Å². The lowest BCUT2D eigenvalue weighted by atomic mass is 9.65. The van der Waals surface area contributed by atoms with Crippen LogP contribution in [0.3, 0.4) is 0 Å². The van der Waals surface area contributed by atoms with Crippen molar-refractivity contribution in [1.82, 2.24) is 10.3 Å². The molecular formula is C30H30BrClFN5O3. The molecule has 2 aliphatic heterocycles. The maximum Gasteiger partial charge on any atom is 0.239 e. The average molecular weight is 643 g/mol. The molecule has 2 unspecified atom stereocenters. The SMILES string of the molecule is CC(C)(C)CC1NCC(c2cccc(Br)c2F)[C@]12C(=O)Nc1cc(Cl)cnc12.COc1cc(C#N)ccc1NC=O. The molecule has 5 rings (SSSR count). The van der Waals surface area contributed by atoms with Crippen molar-refractivity contribution in [3.8, 4) is 11.8 Å². The van der Waals surface area contributed by atoms with E-state index in [1.165, 1.54) is 7.11 Å². The number of anilines is 2. The molecule has 2 aromatic carbocycles. The molecule has 41 heavy (non-hydrogen) atoms. The summed E-state index contributed by atoms with van der Waals surface area (Å²) in [6.45, 7) is 6.90. The summed E-state index contributed by atoms with van der Waals surface area (Å²) in [7, 11) is 1.48. The van der Waals surface area contributed by atoms with E-state index in [2.05, 4.69) is 57.6 Å². The maximum atomic E-state index is 15.1. The topological polar surface area (TPSA) is 116 Å². The van der Waals surface area contributed by atoms with Gasteiger partial charge in [0, 0.05) is 30.8 Å². The van der Waals surface area contributed by atoms with E-state index in [0.717, 1.165) is 6.42 Å². The van der Waals surface area contributed by atoms with Crippen molar-refractivity contribution >= 4 is 51.2 Å². The van der Waals surface area contributed by atoms with Gasteiger partial charge < -0.3 is 20.7 Å². The first-order valence-electron chi connectivity index (χ1n) is 12.9. The minimum Gasteiger partial charge on any atom is -0.495 e. The fourth-order valence-electron chi connectivity index (χ4n) is 5.60. The number of carbonyl (C=O) groups excluding carboxylic acids is 2. The summed E-state index contributed by atoms with van der Waals surface area (Å²) in [6.07, 6.45) is 2.86. The van der Waals surface area contributed by atoms with E-state index < -0.39 is 5.41 Å². The Labute approximate surface area is 251 Å². The van der Waals surface area contributed by atoms with Gasteiger partial charge in [0.25, 0.3) is 0 Å². The molecule has 0 saturated carbocycles. The molecule has 2 aliphatic rings. The highest BCUT2D eigenvalue weighted by atomic mass is 79.9.